The smallest absolute Gasteiger partial charge is 0.233 e. The van der Waals surface area contributed by atoms with Crippen LogP contribution < -0.4 is 10.6 Å². The van der Waals surface area contributed by atoms with E-state index in [0.29, 0.717) is 0 Å². The molecule has 2 amide bonds. The minimum atomic E-state index is -0.526. The Balaban J connectivity index is 1.98. The summed E-state index contributed by atoms with van der Waals surface area (Å²) >= 11 is 0. The fourth-order valence-electron chi connectivity index (χ4n) is 3.04. The summed E-state index contributed by atoms with van der Waals surface area (Å²) in [6.07, 6.45) is 5.74. The fraction of sp³-hybridized carbons (Fsp3) is 0.857. The summed E-state index contributed by atoms with van der Waals surface area (Å²) in [6, 6.07) is 0.273. The molecular formula is C14H24N2O2. The number of rotatable bonds is 2. The van der Waals surface area contributed by atoms with E-state index in [-0.39, 0.29) is 29.3 Å². The number of carbonyl (C=O) groups excluding carboxylic acids is 2. The van der Waals surface area contributed by atoms with Gasteiger partial charge in [-0.2, -0.15) is 0 Å². The maximum absolute atomic E-state index is 12.3. The standard InChI is InChI=1S/C14H24N2O2/c1-9-11(13(18)16-14(9,2)3)12(17)15-10-7-5-4-6-8-10/h9-11H,4-8H2,1-3H3,(H,15,17)(H,16,18). The van der Waals surface area contributed by atoms with Crippen molar-refractivity contribution in [2.45, 2.75) is 64.5 Å². The molecule has 18 heavy (non-hydrogen) atoms. The van der Waals surface area contributed by atoms with E-state index >= 15 is 0 Å². The van der Waals surface area contributed by atoms with E-state index in [1.165, 1.54) is 19.3 Å². The molecule has 0 aromatic rings. The van der Waals surface area contributed by atoms with Gasteiger partial charge in [0, 0.05) is 11.6 Å². The van der Waals surface area contributed by atoms with Crippen LogP contribution in [0.2, 0.25) is 0 Å². The van der Waals surface area contributed by atoms with Crippen molar-refractivity contribution in [1.29, 1.82) is 0 Å². The molecule has 2 aliphatic rings. The van der Waals surface area contributed by atoms with E-state index in [4.69, 9.17) is 0 Å². The van der Waals surface area contributed by atoms with E-state index in [9.17, 15) is 9.59 Å². The molecular weight excluding hydrogens is 228 g/mol. The maximum atomic E-state index is 12.3. The molecule has 2 unspecified atom stereocenters. The molecule has 0 radical (unpaired) electrons. The predicted octanol–water partition coefficient (Wildman–Crippen LogP) is 1.60. The van der Waals surface area contributed by atoms with Crippen molar-refractivity contribution in [3.8, 4) is 0 Å². The number of carbonyl (C=O) groups is 2. The van der Waals surface area contributed by atoms with Gasteiger partial charge in [-0.3, -0.25) is 9.59 Å². The average molecular weight is 252 g/mol. The summed E-state index contributed by atoms with van der Waals surface area (Å²) in [5.74, 6) is -0.700. The highest BCUT2D eigenvalue weighted by Crippen LogP contribution is 2.32. The van der Waals surface area contributed by atoms with Crippen LogP contribution in [-0.4, -0.2) is 23.4 Å². The van der Waals surface area contributed by atoms with Crippen molar-refractivity contribution in [2.24, 2.45) is 11.8 Å². The molecule has 1 saturated carbocycles. The third-order valence-corrected chi connectivity index (χ3v) is 4.60. The van der Waals surface area contributed by atoms with Gasteiger partial charge in [-0.15, -0.1) is 0 Å². The highest BCUT2D eigenvalue weighted by Gasteiger charge is 2.48. The molecule has 4 heteroatoms. The van der Waals surface area contributed by atoms with Crippen LogP contribution in [0.3, 0.4) is 0 Å². The number of amides is 2. The number of nitrogens with one attached hydrogen (secondary N) is 2. The summed E-state index contributed by atoms with van der Waals surface area (Å²) in [7, 11) is 0. The van der Waals surface area contributed by atoms with Crippen LogP contribution in [0.5, 0.6) is 0 Å². The van der Waals surface area contributed by atoms with Crippen LogP contribution in [0.15, 0.2) is 0 Å². The number of hydrogen-bond donors (Lipinski definition) is 2. The van der Waals surface area contributed by atoms with Crippen LogP contribution >= 0.6 is 0 Å². The Labute approximate surface area is 109 Å². The van der Waals surface area contributed by atoms with Gasteiger partial charge >= 0.3 is 0 Å². The van der Waals surface area contributed by atoms with Gasteiger partial charge < -0.3 is 10.6 Å². The molecule has 1 aliphatic heterocycles. The Morgan fingerprint density at radius 3 is 2.39 bits per heavy atom. The first-order valence-corrected chi connectivity index (χ1v) is 7.04. The molecule has 0 bridgehead atoms. The normalized spacial score (nSPS) is 32.1. The van der Waals surface area contributed by atoms with E-state index in [1.807, 2.05) is 20.8 Å². The van der Waals surface area contributed by atoms with E-state index < -0.39 is 5.92 Å². The maximum Gasteiger partial charge on any atom is 0.233 e. The van der Waals surface area contributed by atoms with Gasteiger partial charge in [0.15, 0.2) is 0 Å². The van der Waals surface area contributed by atoms with Crippen molar-refractivity contribution in [2.75, 3.05) is 0 Å². The third kappa shape index (κ3) is 2.52. The van der Waals surface area contributed by atoms with Gasteiger partial charge in [0.05, 0.1) is 0 Å². The zero-order valence-corrected chi connectivity index (χ0v) is 11.6. The van der Waals surface area contributed by atoms with Crippen LogP contribution in [0.4, 0.5) is 0 Å². The molecule has 0 aromatic carbocycles. The molecule has 2 rings (SSSR count). The largest absolute Gasteiger partial charge is 0.353 e. The van der Waals surface area contributed by atoms with Crippen LogP contribution in [0.1, 0.15) is 52.9 Å². The van der Waals surface area contributed by atoms with E-state index in [2.05, 4.69) is 10.6 Å². The van der Waals surface area contributed by atoms with Gasteiger partial charge in [-0.25, -0.2) is 0 Å². The monoisotopic (exact) mass is 252 g/mol. The Hall–Kier alpha value is -1.06. The zero-order chi connectivity index (χ0) is 13.3. The Kier molecular flexibility index (Phi) is 3.64. The first-order chi connectivity index (χ1) is 8.42. The first kappa shape index (κ1) is 13.4. The second kappa shape index (κ2) is 4.90. The van der Waals surface area contributed by atoms with Gasteiger partial charge in [0.2, 0.25) is 11.8 Å². The van der Waals surface area contributed by atoms with Crippen molar-refractivity contribution in [1.82, 2.24) is 10.6 Å². The van der Waals surface area contributed by atoms with E-state index in [0.717, 1.165) is 12.8 Å². The average Bonchev–Trinajstić information content (AvgIpc) is 2.49. The summed E-state index contributed by atoms with van der Waals surface area (Å²) in [4.78, 5) is 24.2. The lowest BCUT2D eigenvalue weighted by molar-refractivity contribution is -0.134. The van der Waals surface area contributed by atoms with E-state index in [1.54, 1.807) is 0 Å². The summed E-state index contributed by atoms with van der Waals surface area (Å²) in [6.45, 7) is 5.93. The molecule has 4 nitrogen and oxygen atoms in total. The highest BCUT2D eigenvalue weighted by molar-refractivity contribution is 6.02. The van der Waals surface area contributed by atoms with Gasteiger partial charge in [-0.1, -0.05) is 26.2 Å². The summed E-state index contributed by atoms with van der Waals surface area (Å²) < 4.78 is 0. The Morgan fingerprint density at radius 1 is 1.28 bits per heavy atom. The van der Waals surface area contributed by atoms with Gasteiger partial charge in [-0.05, 0) is 32.6 Å². The Bertz CT molecular complexity index is 346. The lowest BCUT2D eigenvalue weighted by Gasteiger charge is -2.27. The van der Waals surface area contributed by atoms with Crippen molar-refractivity contribution in [3.05, 3.63) is 0 Å². The van der Waals surface area contributed by atoms with Crippen molar-refractivity contribution < 1.29 is 9.59 Å². The molecule has 2 N–H and O–H groups in total. The highest BCUT2D eigenvalue weighted by atomic mass is 16.2. The quantitative estimate of drug-likeness (QED) is 0.733. The predicted molar refractivity (Wildman–Crippen MR) is 69.9 cm³/mol. The van der Waals surface area contributed by atoms with Crippen molar-refractivity contribution in [3.63, 3.8) is 0 Å². The Morgan fingerprint density at radius 2 is 1.89 bits per heavy atom. The third-order valence-electron chi connectivity index (χ3n) is 4.60. The molecule has 102 valence electrons. The molecule has 2 fully saturated rings. The zero-order valence-electron chi connectivity index (χ0n) is 11.6. The lowest BCUT2D eigenvalue weighted by Crippen LogP contribution is -2.43. The minimum Gasteiger partial charge on any atom is -0.353 e. The molecule has 1 aliphatic carbocycles. The van der Waals surface area contributed by atoms with Crippen LogP contribution in [-0.2, 0) is 9.59 Å². The fourth-order valence-corrected chi connectivity index (χ4v) is 3.04. The summed E-state index contributed by atoms with van der Waals surface area (Å²) in [5, 5.41) is 5.97. The van der Waals surface area contributed by atoms with Crippen molar-refractivity contribution >= 4 is 11.8 Å². The minimum absolute atomic E-state index is 0.0357. The molecule has 2 atom stereocenters. The van der Waals surface area contributed by atoms with Gasteiger partial charge in [0.1, 0.15) is 5.92 Å². The molecule has 1 saturated heterocycles. The molecule has 0 spiro atoms. The lowest BCUT2D eigenvalue weighted by atomic mass is 9.83. The molecule has 0 aromatic heterocycles. The topological polar surface area (TPSA) is 58.2 Å². The first-order valence-electron chi connectivity index (χ1n) is 7.04. The second-order valence-corrected chi connectivity index (χ2v) is 6.32. The SMILES string of the molecule is CC1C(C(=O)NC2CCCCC2)C(=O)NC1(C)C. The summed E-state index contributed by atoms with van der Waals surface area (Å²) in [5.41, 5.74) is -0.286. The van der Waals surface area contributed by atoms with Crippen LogP contribution in [0.25, 0.3) is 0 Å². The number of hydrogen-bond acceptors (Lipinski definition) is 2. The molecule has 1 heterocycles. The van der Waals surface area contributed by atoms with Crippen LogP contribution in [0, 0.1) is 11.8 Å². The second-order valence-electron chi connectivity index (χ2n) is 6.32. The van der Waals surface area contributed by atoms with Gasteiger partial charge in [0.25, 0.3) is 0 Å².